The first-order chi connectivity index (χ1) is 10.5. The van der Waals surface area contributed by atoms with E-state index in [1.54, 1.807) is 12.1 Å². The Bertz CT molecular complexity index is 660. The molecule has 0 fully saturated rings. The zero-order valence-corrected chi connectivity index (χ0v) is 14.2. The van der Waals surface area contributed by atoms with E-state index in [1.807, 2.05) is 20.8 Å². The second kappa shape index (κ2) is 7.56. The average molecular weight is 342 g/mol. The van der Waals surface area contributed by atoms with Crippen LogP contribution in [0.2, 0.25) is 0 Å². The van der Waals surface area contributed by atoms with E-state index >= 15 is 0 Å². The van der Waals surface area contributed by atoms with Gasteiger partial charge in [-0.15, -0.1) is 0 Å². The molecule has 8 heteroatoms. The molecule has 23 heavy (non-hydrogen) atoms. The van der Waals surface area contributed by atoms with Crippen LogP contribution in [0.3, 0.4) is 0 Å². The van der Waals surface area contributed by atoms with Gasteiger partial charge >= 0.3 is 5.97 Å². The van der Waals surface area contributed by atoms with Crippen molar-refractivity contribution in [1.82, 2.24) is 10.0 Å². The van der Waals surface area contributed by atoms with Gasteiger partial charge in [0.25, 0.3) is 0 Å². The Kier molecular flexibility index (Phi) is 6.28. The minimum absolute atomic E-state index is 0.0715. The highest BCUT2D eigenvalue weighted by Gasteiger charge is 2.17. The maximum Gasteiger partial charge on any atom is 0.322 e. The van der Waals surface area contributed by atoms with Gasteiger partial charge in [-0.1, -0.05) is 32.9 Å². The lowest BCUT2D eigenvalue weighted by Crippen LogP contribution is -2.33. The molecule has 0 unspecified atom stereocenters. The van der Waals surface area contributed by atoms with Crippen molar-refractivity contribution in [3.8, 4) is 0 Å². The van der Waals surface area contributed by atoms with E-state index < -0.39 is 28.4 Å². The van der Waals surface area contributed by atoms with E-state index in [-0.39, 0.29) is 23.3 Å². The first-order valence-electron chi connectivity index (χ1n) is 7.11. The summed E-state index contributed by atoms with van der Waals surface area (Å²) in [5, 5.41) is 10.6. The number of nitrogens with one attached hydrogen (secondary N) is 2. The Morgan fingerprint density at radius 2 is 1.70 bits per heavy atom. The normalized spacial score (nSPS) is 12.0. The molecule has 7 nitrogen and oxygen atoms in total. The maximum atomic E-state index is 12.1. The van der Waals surface area contributed by atoms with Gasteiger partial charge in [0, 0.05) is 13.0 Å². The summed E-state index contributed by atoms with van der Waals surface area (Å²) in [6.45, 7) is 5.51. The van der Waals surface area contributed by atoms with Crippen LogP contribution in [0.5, 0.6) is 0 Å². The third-order valence-electron chi connectivity index (χ3n) is 3.11. The van der Waals surface area contributed by atoms with Crippen molar-refractivity contribution in [1.29, 1.82) is 0 Å². The van der Waals surface area contributed by atoms with Crippen LogP contribution in [0.1, 0.15) is 32.8 Å². The smallest absolute Gasteiger partial charge is 0.322 e. The van der Waals surface area contributed by atoms with Crippen LogP contribution in [0, 0.1) is 0 Å². The van der Waals surface area contributed by atoms with Gasteiger partial charge in [0.2, 0.25) is 15.9 Å². The van der Waals surface area contributed by atoms with Gasteiger partial charge in [-0.2, -0.15) is 0 Å². The Morgan fingerprint density at radius 3 is 2.17 bits per heavy atom. The van der Waals surface area contributed by atoms with Crippen LogP contribution in [0.4, 0.5) is 0 Å². The molecule has 0 aliphatic heterocycles. The molecule has 3 N–H and O–H groups in total. The van der Waals surface area contributed by atoms with Gasteiger partial charge in [0.15, 0.2) is 0 Å². The number of amides is 1. The van der Waals surface area contributed by atoms with E-state index in [9.17, 15) is 18.0 Å². The van der Waals surface area contributed by atoms with Crippen molar-refractivity contribution in [3.63, 3.8) is 0 Å². The Morgan fingerprint density at radius 1 is 1.13 bits per heavy atom. The van der Waals surface area contributed by atoms with Gasteiger partial charge in [0.1, 0.15) is 6.54 Å². The lowest BCUT2D eigenvalue weighted by Gasteiger charge is -2.19. The quantitative estimate of drug-likeness (QED) is 0.680. The molecule has 1 aromatic rings. The monoisotopic (exact) mass is 342 g/mol. The molecule has 0 saturated carbocycles. The van der Waals surface area contributed by atoms with Gasteiger partial charge in [-0.05, 0) is 23.1 Å². The van der Waals surface area contributed by atoms with Crippen LogP contribution in [-0.2, 0) is 25.0 Å². The summed E-state index contributed by atoms with van der Waals surface area (Å²) in [5.74, 6) is -1.68. The van der Waals surface area contributed by atoms with E-state index in [2.05, 4.69) is 10.0 Å². The lowest BCUT2D eigenvalue weighted by molar-refractivity contribution is -0.137. The first kappa shape index (κ1) is 19.1. The fourth-order valence-corrected chi connectivity index (χ4v) is 2.81. The third kappa shape index (κ3) is 6.37. The van der Waals surface area contributed by atoms with Gasteiger partial charge in [-0.25, -0.2) is 13.1 Å². The zero-order chi connectivity index (χ0) is 17.7. The molecular weight excluding hydrogens is 320 g/mol. The summed E-state index contributed by atoms with van der Waals surface area (Å²) >= 11 is 0. The zero-order valence-electron chi connectivity index (χ0n) is 13.4. The molecule has 0 aliphatic carbocycles. The molecule has 1 aromatic carbocycles. The molecule has 0 heterocycles. The average Bonchev–Trinajstić information content (AvgIpc) is 2.44. The highest BCUT2D eigenvalue weighted by molar-refractivity contribution is 7.89. The van der Waals surface area contributed by atoms with E-state index in [4.69, 9.17) is 5.11 Å². The number of rotatable bonds is 7. The number of carboxylic acid groups (broad SMARTS) is 1. The maximum absolute atomic E-state index is 12.1. The molecule has 0 aromatic heterocycles. The summed E-state index contributed by atoms with van der Waals surface area (Å²) in [4.78, 5) is 21.7. The standard InChI is InChI=1S/C15H22N2O5S/c1-15(2,3)11-4-6-12(7-5-11)23(21,22)17-9-8-13(18)16-10-14(19)20/h4-7,17H,8-10H2,1-3H3,(H,16,18)(H,19,20). The number of benzene rings is 1. The summed E-state index contributed by atoms with van der Waals surface area (Å²) in [7, 11) is -3.70. The number of hydrogen-bond acceptors (Lipinski definition) is 4. The van der Waals surface area contributed by atoms with Crippen molar-refractivity contribution in [3.05, 3.63) is 29.8 Å². The van der Waals surface area contributed by atoms with Crippen LogP contribution in [0.25, 0.3) is 0 Å². The molecule has 0 atom stereocenters. The predicted octanol–water partition coefficient (Wildman–Crippen LogP) is 0.853. The number of hydrogen-bond donors (Lipinski definition) is 3. The van der Waals surface area contributed by atoms with E-state index in [0.717, 1.165) is 5.56 Å². The molecule has 0 saturated heterocycles. The molecule has 0 bridgehead atoms. The fourth-order valence-electron chi connectivity index (χ4n) is 1.78. The molecule has 1 amide bonds. The Balaban J connectivity index is 2.59. The minimum atomic E-state index is -3.70. The third-order valence-corrected chi connectivity index (χ3v) is 4.59. The Hall–Kier alpha value is -1.93. The van der Waals surface area contributed by atoms with Crippen molar-refractivity contribution in [2.45, 2.75) is 37.5 Å². The van der Waals surface area contributed by atoms with Crippen molar-refractivity contribution >= 4 is 21.9 Å². The second-order valence-electron chi connectivity index (χ2n) is 6.09. The topological polar surface area (TPSA) is 113 Å². The second-order valence-corrected chi connectivity index (χ2v) is 7.86. The minimum Gasteiger partial charge on any atom is -0.480 e. The van der Waals surface area contributed by atoms with Crippen LogP contribution in [-0.4, -0.2) is 38.5 Å². The molecule has 0 spiro atoms. The lowest BCUT2D eigenvalue weighted by atomic mass is 9.87. The Labute approximate surface area is 136 Å². The van der Waals surface area contributed by atoms with E-state index in [0.29, 0.717) is 0 Å². The van der Waals surface area contributed by atoms with E-state index in [1.165, 1.54) is 12.1 Å². The molecular formula is C15H22N2O5S. The summed E-state index contributed by atoms with van der Waals surface area (Å²) in [6.07, 6.45) is -0.132. The SMILES string of the molecule is CC(C)(C)c1ccc(S(=O)(=O)NCCC(=O)NCC(=O)O)cc1. The van der Waals surface area contributed by atoms with Crippen LogP contribution < -0.4 is 10.0 Å². The summed E-state index contributed by atoms with van der Waals surface area (Å²) in [6, 6.07) is 6.56. The van der Waals surface area contributed by atoms with Crippen LogP contribution in [0.15, 0.2) is 29.2 Å². The number of sulfonamides is 1. The van der Waals surface area contributed by atoms with Gasteiger partial charge < -0.3 is 10.4 Å². The van der Waals surface area contributed by atoms with Gasteiger partial charge in [0.05, 0.1) is 4.90 Å². The van der Waals surface area contributed by atoms with Crippen molar-refractivity contribution < 1.29 is 23.1 Å². The summed E-state index contributed by atoms with van der Waals surface area (Å²) < 4.78 is 26.5. The van der Waals surface area contributed by atoms with Crippen molar-refractivity contribution in [2.75, 3.05) is 13.1 Å². The van der Waals surface area contributed by atoms with Crippen LogP contribution >= 0.6 is 0 Å². The highest BCUT2D eigenvalue weighted by atomic mass is 32.2. The molecule has 128 valence electrons. The number of carbonyl (C=O) groups is 2. The predicted molar refractivity (Wildman–Crippen MR) is 85.6 cm³/mol. The molecule has 0 radical (unpaired) electrons. The number of aliphatic carboxylic acids is 1. The fraction of sp³-hybridized carbons (Fsp3) is 0.467. The molecule has 1 rings (SSSR count). The first-order valence-corrected chi connectivity index (χ1v) is 8.59. The number of carboxylic acids is 1. The molecule has 0 aliphatic rings. The summed E-state index contributed by atoms with van der Waals surface area (Å²) in [5.41, 5.74) is 0.947. The van der Waals surface area contributed by atoms with Crippen molar-refractivity contribution in [2.24, 2.45) is 0 Å². The van der Waals surface area contributed by atoms with Gasteiger partial charge in [-0.3, -0.25) is 9.59 Å². The largest absolute Gasteiger partial charge is 0.480 e. The highest BCUT2D eigenvalue weighted by Crippen LogP contribution is 2.23. The number of carbonyl (C=O) groups excluding carboxylic acids is 1.